The minimum Gasteiger partial charge on any atom is -0.304 e. The average molecular weight is 165 g/mol. The van der Waals surface area contributed by atoms with Crippen LogP contribution in [0.4, 0.5) is 4.48 Å². The van der Waals surface area contributed by atoms with E-state index in [4.69, 9.17) is 11.7 Å². The highest BCUT2D eigenvalue weighted by molar-refractivity contribution is 4.52. The Morgan fingerprint density at radius 1 is 1.36 bits per heavy atom. The fourth-order valence-electron chi connectivity index (χ4n) is 0.633. The SMILES string of the molecule is CN(CCNN)CCN(N)F. The van der Waals surface area contributed by atoms with Crippen molar-refractivity contribution >= 4 is 0 Å². The highest BCUT2D eigenvalue weighted by Crippen LogP contribution is 1.82. The van der Waals surface area contributed by atoms with Gasteiger partial charge in [-0.05, 0) is 7.05 Å². The first-order valence-corrected chi connectivity index (χ1v) is 3.47. The molecule has 6 heteroatoms. The van der Waals surface area contributed by atoms with Gasteiger partial charge < -0.3 is 4.90 Å². The molecule has 0 aliphatic carbocycles. The summed E-state index contributed by atoms with van der Waals surface area (Å²) in [6.07, 6.45) is 0. The summed E-state index contributed by atoms with van der Waals surface area (Å²) >= 11 is 0. The molecular formula is C5H16FN5. The Labute approximate surface area is 66.0 Å². The first-order valence-electron chi connectivity index (χ1n) is 3.47. The number of rotatable bonds is 6. The number of likely N-dealkylation sites (N-methyl/N-ethyl adjacent to an activating group) is 1. The molecule has 0 unspecified atom stereocenters. The third kappa shape index (κ3) is 7.63. The van der Waals surface area contributed by atoms with Gasteiger partial charge in [-0.25, -0.2) is 5.84 Å². The van der Waals surface area contributed by atoms with Crippen molar-refractivity contribution in [3.8, 4) is 0 Å². The number of hydrogen-bond donors (Lipinski definition) is 3. The summed E-state index contributed by atoms with van der Waals surface area (Å²) in [5, 5.41) is 0.173. The molecule has 0 aromatic carbocycles. The molecule has 0 radical (unpaired) electrons. The highest BCUT2D eigenvalue weighted by Gasteiger charge is 1.99. The fraction of sp³-hybridized carbons (Fsp3) is 1.00. The highest BCUT2D eigenvalue weighted by atomic mass is 19.2. The van der Waals surface area contributed by atoms with Crippen molar-refractivity contribution in [1.82, 2.24) is 15.6 Å². The predicted molar refractivity (Wildman–Crippen MR) is 41.7 cm³/mol. The van der Waals surface area contributed by atoms with Gasteiger partial charge >= 0.3 is 0 Å². The molecule has 5 nitrogen and oxygen atoms in total. The van der Waals surface area contributed by atoms with E-state index in [-0.39, 0.29) is 11.8 Å². The lowest BCUT2D eigenvalue weighted by Gasteiger charge is -2.16. The number of nitrogens with one attached hydrogen (secondary N) is 1. The first kappa shape index (κ1) is 10.7. The van der Waals surface area contributed by atoms with Gasteiger partial charge in [0.15, 0.2) is 0 Å². The van der Waals surface area contributed by atoms with E-state index in [1.807, 2.05) is 11.9 Å². The second kappa shape index (κ2) is 6.44. The Morgan fingerprint density at radius 2 is 2.00 bits per heavy atom. The molecule has 0 saturated heterocycles. The van der Waals surface area contributed by atoms with Crippen LogP contribution in [0.3, 0.4) is 0 Å². The molecule has 5 N–H and O–H groups in total. The summed E-state index contributed by atoms with van der Waals surface area (Å²) in [6.45, 7) is 2.27. The van der Waals surface area contributed by atoms with E-state index in [0.29, 0.717) is 13.1 Å². The van der Waals surface area contributed by atoms with Crippen LogP contribution < -0.4 is 17.1 Å². The average Bonchev–Trinajstić information content (AvgIpc) is 1.97. The van der Waals surface area contributed by atoms with E-state index >= 15 is 0 Å². The number of hydrogen-bond acceptors (Lipinski definition) is 5. The zero-order chi connectivity index (χ0) is 8.69. The van der Waals surface area contributed by atoms with Crippen molar-refractivity contribution < 1.29 is 4.48 Å². The molecule has 0 aliphatic rings. The molecule has 0 aromatic heterocycles. The van der Waals surface area contributed by atoms with E-state index in [0.717, 1.165) is 6.54 Å². The van der Waals surface area contributed by atoms with E-state index in [1.54, 1.807) is 0 Å². The fourth-order valence-corrected chi connectivity index (χ4v) is 0.633. The molecule has 0 fully saturated rings. The van der Waals surface area contributed by atoms with Crippen LogP contribution in [0.5, 0.6) is 0 Å². The molecule has 68 valence electrons. The quantitative estimate of drug-likeness (QED) is 0.252. The van der Waals surface area contributed by atoms with Crippen LogP contribution in [0, 0.1) is 0 Å². The zero-order valence-electron chi connectivity index (χ0n) is 6.76. The van der Waals surface area contributed by atoms with Crippen molar-refractivity contribution in [2.45, 2.75) is 0 Å². The number of nitrogens with two attached hydrogens (primary N) is 2. The van der Waals surface area contributed by atoms with Crippen LogP contribution in [0.1, 0.15) is 0 Å². The summed E-state index contributed by atoms with van der Waals surface area (Å²) < 4.78 is 11.9. The van der Waals surface area contributed by atoms with Gasteiger partial charge in [-0.15, -0.1) is 4.48 Å². The summed E-state index contributed by atoms with van der Waals surface area (Å²) in [4.78, 5) is 1.93. The molecule has 0 aliphatic heterocycles. The van der Waals surface area contributed by atoms with Gasteiger partial charge in [0.2, 0.25) is 0 Å². The second-order valence-electron chi connectivity index (χ2n) is 2.38. The predicted octanol–water partition coefficient (Wildman–Crippen LogP) is -1.56. The summed E-state index contributed by atoms with van der Waals surface area (Å²) in [5.41, 5.74) is 2.51. The van der Waals surface area contributed by atoms with Crippen molar-refractivity contribution in [2.24, 2.45) is 11.7 Å². The summed E-state index contributed by atoms with van der Waals surface area (Å²) in [7, 11) is 1.88. The lowest BCUT2D eigenvalue weighted by atomic mass is 10.5. The van der Waals surface area contributed by atoms with E-state index in [2.05, 4.69) is 5.43 Å². The van der Waals surface area contributed by atoms with E-state index in [1.165, 1.54) is 0 Å². The number of hydrazine groups is 2. The third-order valence-corrected chi connectivity index (χ3v) is 1.33. The Kier molecular flexibility index (Phi) is 6.28. The van der Waals surface area contributed by atoms with Gasteiger partial charge in [0.05, 0.1) is 6.54 Å². The lowest BCUT2D eigenvalue weighted by Crippen LogP contribution is -2.37. The molecule has 0 bridgehead atoms. The zero-order valence-corrected chi connectivity index (χ0v) is 6.76. The summed E-state index contributed by atoms with van der Waals surface area (Å²) in [5.74, 6) is 9.82. The van der Waals surface area contributed by atoms with Crippen LogP contribution in [0.15, 0.2) is 0 Å². The molecule has 0 rings (SSSR count). The van der Waals surface area contributed by atoms with Gasteiger partial charge in [-0.3, -0.25) is 11.3 Å². The molecule has 11 heavy (non-hydrogen) atoms. The van der Waals surface area contributed by atoms with Crippen LogP contribution in [-0.2, 0) is 0 Å². The molecule has 0 saturated carbocycles. The number of halogens is 1. The number of nitrogens with zero attached hydrogens (tertiary/aromatic N) is 2. The maximum Gasteiger partial charge on any atom is 0.0577 e. The Hall–Kier alpha value is -0.270. The van der Waals surface area contributed by atoms with E-state index < -0.39 is 0 Å². The van der Waals surface area contributed by atoms with Crippen molar-refractivity contribution in [3.05, 3.63) is 0 Å². The van der Waals surface area contributed by atoms with Gasteiger partial charge in [-0.2, -0.15) is 0 Å². The molecule has 0 atom stereocenters. The van der Waals surface area contributed by atoms with Crippen molar-refractivity contribution in [3.63, 3.8) is 0 Å². The smallest absolute Gasteiger partial charge is 0.0577 e. The minimum atomic E-state index is 0.173. The Balaban J connectivity index is 3.15. The molecule has 0 amide bonds. The summed E-state index contributed by atoms with van der Waals surface area (Å²) in [6, 6.07) is 0. The third-order valence-electron chi connectivity index (χ3n) is 1.33. The van der Waals surface area contributed by atoms with Crippen molar-refractivity contribution in [2.75, 3.05) is 33.2 Å². The van der Waals surface area contributed by atoms with Crippen molar-refractivity contribution in [1.29, 1.82) is 0 Å². The maximum atomic E-state index is 11.9. The first-order chi connectivity index (χ1) is 5.16. The van der Waals surface area contributed by atoms with Gasteiger partial charge in [0, 0.05) is 19.6 Å². The Bertz CT molecular complexity index is 88.9. The van der Waals surface area contributed by atoms with Crippen LogP contribution in [-0.4, -0.2) is 43.4 Å². The largest absolute Gasteiger partial charge is 0.304 e. The molecule has 0 heterocycles. The lowest BCUT2D eigenvalue weighted by molar-refractivity contribution is 0.0171. The van der Waals surface area contributed by atoms with Crippen LogP contribution in [0.2, 0.25) is 0 Å². The van der Waals surface area contributed by atoms with E-state index in [9.17, 15) is 4.48 Å². The van der Waals surface area contributed by atoms with Gasteiger partial charge in [-0.1, -0.05) is 5.23 Å². The second-order valence-corrected chi connectivity index (χ2v) is 2.38. The normalized spacial score (nSPS) is 11.5. The van der Waals surface area contributed by atoms with Crippen LogP contribution >= 0.6 is 0 Å². The van der Waals surface area contributed by atoms with Crippen LogP contribution in [0.25, 0.3) is 0 Å². The maximum absolute atomic E-state index is 11.9. The topological polar surface area (TPSA) is 70.5 Å². The minimum absolute atomic E-state index is 0.173. The molecule has 0 aromatic rings. The monoisotopic (exact) mass is 165 g/mol. The standard InChI is InChI=1S/C5H16FN5/c1-10(3-2-9-7)4-5-11(6)8/h9H,2-5,7-8H2,1H3. The van der Waals surface area contributed by atoms with Gasteiger partial charge in [0.25, 0.3) is 0 Å². The molecular weight excluding hydrogens is 149 g/mol. The molecule has 0 spiro atoms. The Morgan fingerprint density at radius 3 is 2.45 bits per heavy atom. The van der Waals surface area contributed by atoms with Gasteiger partial charge in [0.1, 0.15) is 0 Å².